The second-order valence-corrected chi connectivity index (χ2v) is 17.3. The van der Waals surface area contributed by atoms with Crippen LogP contribution in [0.2, 0.25) is 0 Å². The molecule has 0 unspecified atom stereocenters. The molecule has 0 bridgehead atoms. The molecule has 0 fully saturated rings. The van der Waals surface area contributed by atoms with E-state index < -0.39 is 43.2 Å². The number of nitrogens with zero attached hydrogens (tertiary/aromatic N) is 3. The van der Waals surface area contributed by atoms with Gasteiger partial charge in [0.2, 0.25) is 0 Å². The first-order valence-corrected chi connectivity index (χ1v) is 21.0. The van der Waals surface area contributed by atoms with Crippen LogP contribution in [0, 0.1) is 6.07 Å². The third-order valence-electron chi connectivity index (χ3n) is 11.7. The number of benzene rings is 7. The molecule has 0 saturated heterocycles. The van der Waals surface area contributed by atoms with Crippen molar-refractivity contribution in [3.05, 3.63) is 193 Å². The van der Waals surface area contributed by atoms with Gasteiger partial charge in [-0.15, -0.1) is 23.8 Å². The number of hydrogen-bond donors (Lipinski definition) is 1. The molecular weight excluding hydrogens is 962 g/mol. The molecule has 0 aliphatic rings. The number of pyridine rings is 1. The van der Waals surface area contributed by atoms with Crippen molar-refractivity contribution in [2.75, 3.05) is 0 Å². The molecule has 0 aliphatic heterocycles. The summed E-state index contributed by atoms with van der Waals surface area (Å²) in [5.74, 6) is -1.48. The van der Waals surface area contributed by atoms with E-state index in [1.807, 2.05) is 158 Å². The normalized spacial score (nSPS) is 14.9. The molecule has 7 aromatic carbocycles. The summed E-state index contributed by atoms with van der Waals surface area (Å²) in [5.41, 5.74) is 7.05. The topological polar surface area (TPSA) is 50.9 Å². The van der Waals surface area contributed by atoms with Gasteiger partial charge in [0, 0.05) is 52.2 Å². The number of aromatic hydroxyl groups is 1. The third-order valence-corrected chi connectivity index (χ3v) is 11.7. The molecule has 9 aromatic rings. The van der Waals surface area contributed by atoms with E-state index >= 15 is 0 Å². The predicted octanol–water partition coefficient (Wildman–Crippen LogP) is 15.6. The molecule has 4 nitrogen and oxygen atoms in total. The van der Waals surface area contributed by atoms with Crippen LogP contribution in [-0.2, 0) is 31.9 Å². The molecule has 1 N–H and O–H groups in total. The molecule has 2 heterocycles. The Kier molecular flexibility index (Phi) is 9.16. The maximum atomic E-state index is 12.5. The zero-order chi connectivity index (χ0) is 52.5. The number of phenols is 1. The first-order chi connectivity index (χ1) is 34.3. The number of phenolic OH excluding ortho intramolecular Hbond substituents is 1. The van der Waals surface area contributed by atoms with Crippen LogP contribution >= 0.6 is 0 Å². The van der Waals surface area contributed by atoms with Gasteiger partial charge in [0.1, 0.15) is 11.6 Å². The fourth-order valence-electron chi connectivity index (χ4n) is 8.22. The quantitative estimate of drug-likeness (QED) is 0.154. The van der Waals surface area contributed by atoms with E-state index in [1.165, 1.54) is 12.1 Å². The summed E-state index contributed by atoms with van der Waals surface area (Å²) >= 11 is 0. The molecule has 322 valence electrons. The first-order valence-electron chi connectivity index (χ1n) is 26.0. The Morgan fingerprint density at radius 3 is 1.95 bits per heavy atom. The van der Waals surface area contributed by atoms with Crippen molar-refractivity contribution >= 4 is 11.0 Å². The number of rotatable bonds is 8. The van der Waals surface area contributed by atoms with Crippen LogP contribution in [0.5, 0.6) is 5.75 Å². The molecule has 2 aromatic heterocycles. The van der Waals surface area contributed by atoms with Crippen LogP contribution in [0.15, 0.2) is 170 Å². The van der Waals surface area contributed by atoms with Crippen molar-refractivity contribution in [3.63, 3.8) is 0 Å². The van der Waals surface area contributed by atoms with Gasteiger partial charge in [-0.2, -0.15) is 0 Å². The Morgan fingerprint density at radius 2 is 1.27 bits per heavy atom. The minimum Gasteiger partial charge on any atom is -0.507 e. The standard InChI is InChI=1S/C59H54N3O.Pt/c1-38(2)39-25-27-41(28-26-39)43-31-32-60-52(36-43)46-34-44(40-17-11-9-12-18-40)33-45(35-46)48-21-16-24-54-55(48)61-57(49-22-15-23-51(56(49)63)59(6,7)8)62(54)53-30-29-47(58(3,4)5)37-50(53)42-19-13-10-14-20-42;/h9-34,36-38,63H,1-8H3;/q-1;/i6D3,7D3,8D3,38D;. The van der Waals surface area contributed by atoms with Gasteiger partial charge in [0.25, 0.3) is 0 Å². The van der Waals surface area contributed by atoms with Gasteiger partial charge in [0.15, 0.2) is 0 Å². The van der Waals surface area contributed by atoms with Crippen LogP contribution in [-0.4, -0.2) is 19.6 Å². The monoisotopic (exact) mass is 1030 g/mol. The van der Waals surface area contributed by atoms with Crippen LogP contribution in [0.1, 0.15) is 91.5 Å². The predicted molar refractivity (Wildman–Crippen MR) is 263 cm³/mol. The zero-order valence-electron chi connectivity index (χ0n) is 46.3. The summed E-state index contributed by atoms with van der Waals surface area (Å²) in [6.07, 6.45) is 1.76. The van der Waals surface area contributed by atoms with Crippen molar-refractivity contribution in [1.82, 2.24) is 14.5 Å². The Hall–Kier alpha value is -6.35. The molecule has 0 saturated carbocycles. The Morgan fingerprint density at radius 1 is 0.609 bits per heavy atom. The van der Waals surface area contributed by atoms with E-state index in [4.69, 9.17) is 23.7 Å². The third kappa shape index (κ3) is 8.65. The van der Waals surface area contributed by atoms with Gasteiger partial charge in [-0.05, 0) is 86.0 Å². The maximum absolute atomic E-state index is 12.5. The van der Waals surface area contributed by atoms with E-state index in [0.717, 1.165) is 50.6 Å². The van der Waals surface area contributed by atoms with Crippen molar-refractivity contribution in [2.24, 2.45) is 0 Å². The van der Waals surface area contributed by atoms with Crippen molar-refractivity contribution < 1.29 is 39.9 Å². The van der Waals surface area contributed by atoms with Gasteiger partial charge in [-0.3, -0.25) is 9.55 Å². The van der Waals surface area contributed by atoms with Gasteiger partial charge in [-0.25, -0.2) is 4.98 Å². The molecule has 0 spiro atoms. The summed E-state index contributed by atoms with van der Waals surface area (Å²) < 4.78 is 87.3. The fraction of sp³-hybridized carbons (Fsp3) is 0.186. The Labute approximate surface area is 407 Å². The van der Waals surface area contributed by atoms with Gasteiger partial charge < -0.3 is 5.11 Å². The molecule has 5 heteroatoms. The summed E-state index contributed by atoms with van der Waals surface area (Å²) in [7, 11) is 0. The second kappa shape index (κ2) is 17.7. The number of para-hydroxylation sites is 2. The average Bonchev–Trinajstić information content (AvgIpc) is 3.72. The van der Waals surface area contributed by atoms with Crippen molar-refractivity contribution in [3.8, 4) is 78.6 Å². The molecule has 64 heavy (non-hydrogen) atoms. The Balaban J connectivity index is 0.00000729. The summed E-state index contributed by atoms with van der Waals surface area (Å²) in [5, 5.41) is 12.5. The van der Waals surface area contributed by atoms with Crippen LogP contribution < -0.4 is 0 Å². The molecule has 9 rings (SSSR count). The molecule has 0 amide bonds. The molecule has 0 atom stereocenters. The van der Waals surface area contributed by atoms with Crippen molar-refractivity contribution in [2.45, 2.75) is 71.9 Å². The smallest absolute Gasteiger partial charge is 0.148 e. The number of fused-ring (bicyclic) bond motifs is 1. The van der Waals surface area contributed by atoms with E-state index in [-0.39, 0.29) is 37.9 Å². The SMILES string of the molecule is [2H]C(C)(C)c1ccc(-c2ccnc(-c3[c-]c(-c4cccc5c4nc(-c4cccc(C(C([2H])([2H])[2H])(C([2H])([2H])[2H])C([2H])([2H])[2H])c4O)n5-c4ccc(C(C)(C)C)cc4-c4ccccc4)cc(-c4ccccc4)c3)c2)cc1.[Pt]. The summed E-state index contributed by atoms with van der Waals surface area (Å²) in [6, 6.07) is 55.1. The van der Waals surface area contributed by atoms with Crippen LogP contribution in [0.3, 0.4) is 0 Å². The summed E-state index contributed by atoms with van der Waals surface area (Å²) in [4.78, 5) is 10.2. The van der Waals surface area contributed by atoms with Gasteiger partial charge in [0.05, 0.1) is 22.3 Å². The molecular formula is C59H54N3OPt-. The van der Waals surface area contributed by atoms with Crippen LogP contribution in [0.4, 0.5) is 0 Å². The molecule has 0 aliphatic carbocycles. The number of imidazole rings is 1. The number of hydrogen-bond acceptors (Lipinski definition) is 3. The minimum absolute atomic E-state index is 0. The zero-order valence-corrected chi connectivity index (χ0v) is 38.5. The minimum atomic E-state index is -3.63. The molecule has 0 radical (unpaired) electrons. The number of aromatic nitrogens is 3. The van der Waals surface area contributed by atoms with Crippen molar-refractivity contribution in [1.29, 1.82) is 0 Å². The van der Waals surface area contributed by atoms with E-state index in [1.54, 1.807) is 6.20 Å². The van der Waals surface area contributed by atoms with E-state index in [2.05, 4.69) is 32.9 Å². The average molecular weight is 1030 g/mol. The van der Waals surface area contributed by atoms with Gasteiger partial charge in [-0.1, -0.05) is 193 Å². The van der Waals surface area contributed by atoms with E-state index in [9.17, 15) is 5.11 Å². The largest absolute Gasteiger partial charge is 0.507 e. The van der Waals surface area contributed by atoms with E-state index in [0.29, 0.717) is 39.1 Å². The van der Waals surface area contributed by atoms with Crippen LogP contribution in [0.25, 0.3) is 83.9 Å². The maximum Gasteiger partial charge on any atom is 0.148 e. The fourth-order valence-corrected chi connectivity index (χ4v) is 8.22. The second-order valence-electron chi connectivity index (χ2n) is 17.3. The Bertz CT molecular complexity index is 3460. The first kappa shape index (κ1) is 33.2. The van der Waals surface area contributed by atoms with Gasteiger partial charge >= 0.3 is 0 Å². The summed E-state index contributed by atoms with van der Waals surface area (Å²) in [6.45, 7) is -0.821.